The molecule has 3 saturated heterocycles. The van der Waals surface area contributed by atoms with Crippen molar-refractivity contribution in [1.82, 2.24) is 10.6 Å². The lowest BCUT2D eigenvalue weighted by molar-refractivity contribution is -0.122. The van der Waals surface area contributed by atoms with Gasteiger partial charge in [0.1, 0.15) is 0 Å². The number of nitrogens with zero attached hydrogens (tertiary/aromatic N) is 1. The van der Waals surface area contributed by atoms with Gasteiger partial charge in [0.2, 0.25) is 5.91 Å². The van der Waals surface area contributed by atoms with Crippen LogP contribution >= 0.6 is 11.6 Å². The molecule has 1 amide bonds. The maximum absolute atomic E-state index is 12.4. The first-order valence-electron chi connectivity index (χ1n) is 9.21. The first kappa shape index (κ1) is 16.2. The fraction of sp³-hybridized carbons (Fsp3) is 0.632. The van der Waals surface area contributed by atoms with Gasteiger partial charge < -0.3 is 15.5 Å². The molecule has 0 radical (unpaired) electrons. The third-order valence-corrected chi connectivity index (χ3v) is 6.01. The van der Waals surface area contributed by atoms with E-state index in [4.69, 9.17) is 11.6 Å². The predicted octanol–water partition coefficient (Wildman–Crippen LogP) is 2.96. The van der Waals surface area contributed by atoms with Crippen LogP contribution in [0.2, 0.25) is 5.02 Å². The van der Waals surface area contributed by atoms with Crippen LogP contribution < -0.4 is 15.5 Å². The van der Waals surface area contributed by atoms with Crippen molar-refractivity contribution in [2.75, 3.05) is 18.0 Å². The quantitative estimate of drug-likeness (QED) is 0.880. The van der Waals surface area contributed by atoms with E-state index in [0.29, 0.717) is 24.4 Å². The zero-order valence-corrected chi connectivity index (χ0v) is 14.8. The molecule has 3 heterocycles. The standard InChI is InChI=1S/C19H26ClN3O/c20-14-2-1-3-18(11-14)23-7-6-17(12-23)22-19(24)10-13-8-15-4-5-16(9-13)21-15/h1-3,11,13,15-17,21H,4-10,12H2,(H,22,24). The van der Waals surface area contributed by atoms with Crippen LogP contribution in [0, 0.1) is 5.92 Å². The summed E-state index contributed by atoms with van der Waals surface area (Å²) in [6, 6.07) is 9.53. The molecule has 0 aliphatic carbocycles. The summed E-state index contributed by atoms with van der Waals surface area (Å²) in [5, 5.41) is 7.67. The minimum absolute atomic E-state index is 0.235. The van der Waals surface area contributed by atoms with Crippen molar-refractivity contribution >= 4 is 23.2 Å². The van der Waals surface area contributed by atoms with E-state index in [-0.39, 0.29) is 11.9 Å². The molecular weight excluding hydrogens is 322 g/mol. The Morgan fingerprint density at radius 1 is 1.25 bits per heavy atom. The number of carbonyl (C=O) groups is 1. The minimum Gasteiger partial charge on any atom is -0.369 e. The van der Waals surface area contributed by atoms with Gasteiger partial charge in [-0.15, -0.1) is 0 Å². The van der Waals surface area contributed by atoms with Crippen LogP contribution in [0.4, 0.5) is 5.69 Å². The van der Waals surface area contributed by atoms with Crippen LogP contribution in [0.5, 0.6) is 0 Å². The highest BCUT2D eigenvalue weighted by Gasteiger charge is 2.34. The number of hydrogen-bond acceptors (Lipinski definition) is 3. The zero-order chi connectivity index (χ0) is 16.5. The molecule has 0 spiro atoms. The van der Waals surface area contributed by atoms with E-state index >= 15 is 0 Å². The summed E-state index contributed by atoms with van der Waals surface area (Å²) in [7, 11) is 0. The Hall–Kier alpha value is -1.26. The summed E-state index contributed by atoms with van der Waals surface area (Å²) in [6.07, 6.45) is 6.63. The highest BCUT2D eigenvalue weighted by Crippen LogP contribution is 2.32. The zero-order valence-electron chi connectivity index (χ0n) is 14.0. The highest BCUT2D eigenvalue weighted by molar-refractivity contribution is 6.30. The molecular formula is C19H26ClN3O. The number of nitrogens with one attached hydrogen (secondary N) is 2. The smallest absolute Gasteiger partial charge is 0.220 e. The summed E-state index contributed by atoms with van der Waals surface area (Å²) < 4.78 is 0. The second kappa shape index (κ2) is 6.93. The summed E-state index contributed by atoms with van der Waals surface area (Å²) >= 11 is 6.08. The summed E-state index contributed by atoms with van der Waals surface area (Å²) in [5.74, 6) is 0.799. The number of fused-ring (bicyclic) bond motifs is 2. The predicted molar refractivity (Wildman–Crippen MR) is 97.5 cm³/mol. The van der Waals surface area contributed by atoms with Crippen molar-refractivity contribution in [3.05, 3.63) is 29.3 Å². The lowest BCUT2D eigenvalue weighted by atomic mass is 9.89. The fourth-order valence-corrected chi connectivity index (χ4v) is 4.86. The Morgan fingerprint density at radius 3 is 2.79 bits per heavy atom. The maximum atomic E-state index is 12.4. The van der Waals surface area contributed by atoms with Gasteiger partial charge in [-0.25, -0.2) is 0 Å². The normalized spacial score (nSPS) is 32.1. The molecule has 1 aromatic carbocycles. The molecule has 130 valence electrons. The Balaban J connectivity index is 1.26. The Kier molecular flexibility index (Phi) is 4.68. The van der Waals surface area contributed by atoms with Crippen molar-refractivity contribution in [2.45, 2.75) is 56.7 Å². The second-order valence-corrected chi connectivity index (χ2v) is 8.09. The average molecular weight is 348 g/mol. The van der Waals surface area contributed by atoms with Crippen LogP contribution in [0.3, 0.4) is 0 Å². The molecule has 3 atom stereocenters. The lowest BCUT2D eigenvalue weighted by Gasteiger charge is -2.29. The minimum atomic E-state index is 0.235. The number of amides is 1. The first-order chi connectivity index (χ1) is 11.7. The van der Waals surface area contributed by atoms with Gasteiger partial charge in [0, 0.05) is 48.3 Å². The van der Waals surface area contributed by atoms with Gasteiger partial charge in [0.05, 0.1) is 0 Å². The number of anilines is 1. The average Bonchev–Trinajstić information content (AvgIpc) is 3.14. The molecule has 3 unspecified atom stereocenters. The molecule has 2 N–H and O–H groups in total. The third-order valence-electron chi connectivity index (χ3n) is 5.77. The number of halogens is 1. The van der Waals surface area contributed by atoms with Crippen molar-refractivity contribution in [3.63, 3.8) is 0 Å². The van der Waals surface area contributed by atoms with Gasteiger partial charge in [-0.05, 0) is 56.2 Å². The van der Waals surface area contributed by atoms with E-state index in [9.17, 15) is 4.79 Å². The molecule has 3 aliphatic rings. The van der Waals surface area contributed by atoms with Crippen LogP contribution in [0.1, 0.15) is 38.5 Å². The van der Waals surface area contributed by atoms with Gasteiger partial charge in [-0.3, -0.25) is 4.79 Å². The molecule has 3 aliphatic heterocycles. The van der Waals surface area contributed by atoms with E-state index in [1.807, 2.05) is 18.2 Å². The van der Waals surface area contributed by atoms with E-state index in [1.54, 1.807) is 0 Å². The van der Waals surface area contributed by atoms with Crippen molar-refractivity contribution in [1.29, 1.82) is 0 Å². The lowest BCUT2D eigenvalue weighted by Crippen LogP contribution is -2.42. The van der Waals surface area contributed by atoms with Gasteiger partial charge in [-0.2, -0.15) is 0 Å². The molecule has 4 rings (SSSR count). The Morgan fingerprint density at radius 2 is 2.04 bits per heavy atom. The Labute approximate surface area is 148 Å². The molecule has 3 fully saturated rings. The topological polar surface area (TPSA) is 44.4 Å². The van der Waals surface area contributed by atoms with E-state index in [0.717, 1.165) is 30.2 Å². The van der Waals surface area contributed by atoms with Crippen LogP contribution in [0.15, 0.2) is 24.3 Å². The van der Waals surface area contributed by atoms with Crippen molar-refractivity contribution < 1.29 is 4.79 Å². The largest absolute Gasteiger partial charge is 0.369 e. The maximum Gasteiger partial charge on any atom is 0.220 e. The fourth-order valence-electron chi connectivity index (χ4n) is 4.68. The van der Waals surface area contributed by atoms with Crippen LogP contribution in [-0.4, -0.2) is 37.1 Å². The van der Waals surface area contributed by atoms with Gasteiger partial charge in [0.25, 0.3) is 0 Å². The number of piperidine rings is 1. The monoisotopic (exact) mass is 347 g/mol. The number of hydrogen-bond donors (Lipinski definition) is 2. The SMILES string of the molecule is O=C(CC1CC2CCC(C1)N2)NC1CCN(c2cccc(Cl)c2)C1. The third kappa shape index (κ3) is 3.70. The molecule has 0 saturated carbocycles. The van der Waals surface area contributed by atoms with Gasteiger partial charge in [0.15, 0.2) is 0 Å². The second-order valence-electron chi connectivity index (χ2n) is 7.66. The summed E-state index contributed by atoms with van der Waals surface area (Å²) in [4.78, 5) is 14.7. The van der Waals surface area contributed by atoms with Crippen molar-refractivity contribution in [3.8, 4) is 0 Å². The summed E-state index contributed by atoms with van der Waals surface area (Å²) in [5.41, 5.74) is 1.15. The molecule has 24 heavy (non-hydrogen) atoms. The van der Waals surface area contributed by atoms with Crippen LogP contribution in [-0.2, 0) is 4.79 Å². The van der Waals surface area contributed by atoms with E-state index in [1.165, 1.54) is 25.7 Å². The van der Waals surface area contributed by atoms with Crippen LogP contribution in [0.25, 0.3) is 0 Å². The highest BCUT2D eigenvalue weighted by atomic mass is 35.5. The van der Waals surface area contributed by atoms with Crippen molar-refractivity contribution in [2.24, 2.45) is 5.92 Å². The molecule has 1 aromatic rings. The first-order valence-corrected chi connectivity index (χ1v) is 9.59. The summed E-state index contributed by atoms with van der Waals surface area (Å²) in [6.45, 7) is 1.85. The number of rotatable bonds is 4. The van der Waals surface area contributed by atoms with Gasteiger partial charge >= 0.3 is 0 Å². The van der Waals surface area contributed by atoms with E-state index in [2.05, 4.69) is 21.6 Å². The number of benzene rings is 1. The molecule has 2 bridgehead atoms. The van der Waals surface area contributed by atoms with E-state index < -0.39 is 0 Å². The molecule has 0 aromatic heterocycles. The number of carbonyl (C=O) groups excluding carboxylic acids is 1. The molecule has 5 heteroatoms. The Bertz CT molecular complexity index is 596. The van der Waals surface area contributed by atoms with Gasteiger partial charge in [-0.1, -0.05) is 17.7 Å². The molecule has 4 nitrogen and oxygen atoms in total.